The summed E-state index contributed by atoms with van der Waals surface area (Å²) in [4.78, 5) is 17.6. The fraction of sp³-hybridized carbons (Fsp3) is 0.158. The number of H-pyrrole nitrogens is 2. The van der Waals surface area contributed by atoms with E-state index < -0.39 is 0 Å². The number of benzene rings is 2. The van der Waals surface area contributed by atoms with E-state index in [2.05, 4.69) is 161 Å². The molecule has 0 saturated carbocycles. The average Bonchev–Trinajstić information content (AvgIpc) is 3.79. The van der Waals surface area contributed by atoms with Crippen molar-refractivity contribution in [3.8, 4) is 22.3 Å². The molecule has 0 atom stereocenters. The molecule has 0 spiro atoms. The predicted molar refractivity (Wildman–Crippen MR) is 189 cm³/mol. The van der Waals surface area contributed by atoms with Crippen molar-refractivity contribution in [2.24, 2.45) is 0 Å². The third-order valence-corrected chi connectivity index (χ3v) is 8.22. The van der Waals surface area contributed by atoms with E-state index in [4.69, 9.17) is 9.97 Å². The summed E-state index contributed by atoms with van der Waals surface area (Å²) in [5, 5.41) is 0. The Morgan fingerprint density at radius 3 is 1.39 bits per heavy atom. The van der Waals surface area contributed by atoms with E-state index in [9.17, 15) is 0 Å². The van der Waals surface area contributed by atoms with Gasteiger partial charge in [-0.1, -0.05) is 24.3 Å². The van der Waals surface area contributed by atoms with Crippen LogP contribution in [-0.2, 0) is 0 Å². The summed E-state index contributed by atoms with van der Waals surface area (Å²) in [6.07, 6.45) is 8.37. The van der Waals surface area contributed by atoms with E-state index in [1.807, 2.05) is 0 Å². The van der Waals surface area contributed by atoms with Crippen LogP contribution in [0.15, 0.2) is 84.9 Å². The van der Waals surface area contributed by atoms with Crippen LogP contribution in [0.5, 0.6) is 0 Å². The average molecular weight is 579 g/mol. The van der Waals surface area contributed by atoms with Crippen molar-refractivity contribution in [2.75, 3.05) is 42.3 Å². The molecule has 2 aliphatic rings. The molecule has 6 heteroatoms. The smallest absolute Gasteiger partial charge is 0.132 e. The van der Waals surface area contributed by atoms with Gasteiger partial charge >= 0.3 is 0 Å². The van der Waals surface area contributed by atoms with Gasteiger partial charge in [-0.3, -0.25) is 8.97 Å². The summed E-state index contributed by atoms with van der Waals surface area (Å²) < 4.78 is 1.47. The van der Waals surface area contributed by atoms with E-state index in [0.717, 1.165) is 76.1 Å². The zero-order chi connectivity index (χ0) is 30.6. The molecule has 0 fully saturated rings. The number of aromatic nitrogens is 4. The van der Waals surface area contributed by atoms with Crippen LogP contribution in [0.25, 0.3) is 68.6 Å². The van der Waals surface area contributed by atoms with E-state index in [-0.39, 0.29) is 0 Å². The summed E-state index contributed by atoms with van der Waals surface area (Å²) in [6.45, 7) is 0. The lowest BCUT2D eigenvalue weighted by molar-refractivity contribution is 0.486. The molecule has 5 aromatic rings. The topological polar surface area (TPSA) is 57.4 Å². The van der Waals surface area contributed by atoms with Gasteiger partial charge in [0.25, 0.3) is 0 Å². The molecule has 2 aliphatic heterocycles. The van der Waals surface area contributed by atoms with Crippen molar-refractivity contribution in [2.45, 2.75) is 0 Å². The first-order valence-corrected chi connectivity index (χ1v) is 15.0. The highest BCUT2D eigenvalue weighted by Gasteiger charge is 2.19. The Balaban J connectivity index is 1.52. The molecule has 3 aromatic heterocycles. The number of hydrogen-bond donors (Lipinski definition) is 2. The Hall–Kier alpha value is -5.04. The van der Waals surface area contributed by atoms with E-state index in [1.165, 1.54) is 11.4 Å². The number of fused-ring (bicyclic) bond motifs is 8. The largest absolute Gasteiger partial charge is 0.355 e. The molecule has 0 saturated heterocycles. The second-order valence-corrected chi connectivity index (χ2v) is 13.3. The van der Waals surface area contributed by atoms with Gasteiger partial charge in [0.15, 0.2) is 0 Å². The first kappa shape index (κ1) is 27.8. The molecule has 2 N–H and O–H groups in total. The summed E-state index contributed by atoms with van der Waals surface area (Å²) in [5.74, 6) is 0. The van der Waals surface area contributed by atoms with Gasteiger partial charge in [-0.2, -0.15) is 0 Å². The molecule has 44 heavy (non-hydrogen) atoms. The summed E-state index contributed by atoms with van der Waals surface area (Å²) >= 11 is 0. The lowest BCUT2D eigenvalue weighted by Gasteiger charge is -2.24. The number of quaternary nitrogens is 2. The van der Waals surface area contributed by atoms with Gasteiger partial charge in [-0.15, -0.1) is 0 Å². The van der Waals surface area contributed by atoms with Crippen LogP contribution in [0.1, 0.15) is 22.8 Å². The molecule has 0 radical (unpaired) electrons. The van der Waals surface area contributed by atoms with Crippen LogP contribution in [0.4, 0.5) is 11.4 Å². The van der Waals surface area contributed by atoms with Crippen LogP contribution in [0.2, 0.25) is 0 Å². The number of rotatable bonds is 4. The fourth-order valence-electron chi connectivity index (χ4n) is 5.84. The Morgan fingerprint density at radius 1 is 0.477 bits per heavy atom. The lowest BCUT2D eigenvalue weighted by Crippen LogP contribution is -2.34. The van der Waals surface area contributed by atoms with E-state index >= 15 is 0 Å². The van der Waals surface area contributed by atoms with Crippen molar-refractivity contribution >= 4 is 57.7 Å². The second kappa shape index (κ2) is 10.3. The SMILES string of the molecule is C[N+](C)(C)c1cccc(-c2c3nc(cc4ccc([nH]4)c(-c4cccc([N+](C)(C)C)c4)c4ccc(cc5nc2C=C5)[nH]4)C=C3)c1. The van der Waals surface area contributed by atoms with Gasteiger partial charge in [-0.25, -0.2) is 9.97 Å². The summed E-state index contributed by atoms with van der Waals surface area (Å²) in [7, 11) is 13.1. The monoisotopic (exact) mass is 578 g/mol. The Kier molecular flexibility index (Phi) is 6.50. The number of nitrogens with zero attached hydrogens (tertiary/aromatic N) is 4. The third-order valence-electron chi connectivity index (χ3n) is 8.22. The Bertz CT molecular complexity index is 2050. The van der Waals surface area contributed by atoms with Crippen LogP contribution < -0.4 is 8.97 Å². The minimum atomic E-state index is 0.727. The molecule has 0 amide bonds. The maximum absolute atomic E-state index is 5.10. The highest BCUT2D eigenvalue weighted by Crippen LogP contribution is 2.35. The quantitative estimate of drug-likeness (QED) is 0.206. The Morgan fingerprint density at radius 2 is 0.932 bits per heavy atom. The first-order chi connectivity index (χ1) is 21.0. The molecule has 5 heterocycles. The minimum absolute atomic E-state index is 0.727. The van der Waals surface area contributed by atoms with Gasteiger partial charge < -0.3 is 9.97 Å². The third kappa shape index (κ3) is 5.30. The standard InChI is InChI=1S/C38H38N6/c1-43(2,3)31-11-7-9-25(21-31)37-33-17-13-27(39-33)23-29-15-19-35(41-29)38(26-10-8-12-32(22-26)44(4,5)6)36-20-16-30(42-36)24-28-14-18-34(37)40-28/h7-24,39-40H,1-6H3/q+2. The summed E-state index contributed by atoms with van der Waals surface area (Å²) in [6, 6.07) is 30.3. The van der Waals surface area contributed by atoms with Crippen LogP contribution in [-0.4, -0.2) is 62.2 Å². The number of nitrogens with one attached hydrogen (secondary N) is 2. The minimum Gasteiger partial charge on any atom is -0.355 e. The maximum Gasteiger partial charge on any atom is 0.132 e. The molecule has 8 bridgehead atoms. The number of aromatic amines is 2. The van der Waals surface area contributed by atoms with Gasteiger partial charge in [-0.05, 0) is 84.0 Å². The van der Waals surface area contributed by atoms with Crippen molar-refractivity contribution in [1.29, 1.82) is 0 Å². The molecule has 0 unspecified atom stereocenters. The molecular weight excluding hydrogens is 540 g/mol. The molecular formula is C38H38N6+2. The van der Waals surface area contributed by atoms with Crippen LogP contribution in [0, 0.1) is 0 Å². The molecule has 6 nitrogen and oxygen atoms in total. The van der Waals surface area contributed by atoms with Gasteiger partial charge in [0.1, 0.15) is 11.4 Å². The fourth-order valence-corrected chi connectivity index (χ4v) is 5.84. The van der Waals surface area contributed by atoms with E-state index in [0.29, 0.717) is 0 Å². The normalized spacial score (nSPS) is 13.0. The van der Waals surface area contributed by atoms with Crippen molar-refractivity contribution in [3.05, 3.63) is 108 Å². The molecule has 2 aromatic carbocycles. The van der Waals surface area contributed by atoms with Crippen LogP contribution >= 0.6 is 0 Å². The van der Waals surface area contributed by atoms with Gasteiger partial charge in [0.05, 0.1) is 65.1 Å². The number of hydrogen-bond acceptors (Lipinski definition) is 2. The highest BCUT2D eigenvalue weighted by molar-refractivity contribution is 5.95. The van der Waals surface area contributed by atoms with Gasteiger partial charge in [0, 0.05) is 45.3 Å². The van der Waals surface area contributed by atoms with Gasteiger partial charge in [0.2, 0.25) is 0 Å². The van der Waals surface area contributed by atoms with Crippen molar-refractivity contribution in [3.63, 3.8) is 0 Å². The van der Waals surface area contributed by atoms with Crippen LogP contribution in [0.3, 0.4) is 0 Å². The Labute approximate surface area is 258 Å². The lowest BCUT2D eigenvalue weighted by atomic mass is 10.0. The predicted octanol–water partition coefficient (Wildman–Crippen LogP) is 8.38. The first-order valence-electron chi connectivity index (χ1n) is 15.0. The second-order valence-electron chi connectivity index (χ2n) is 13.3. The van der Waals surface area contributed by atoms with Crippen molar-refractivity contribution in [1.82, 2.24) is 28.9 Å². The molecule has 0 aliphatic carbocycles. The zero-order valence-electron chi connectivity index (χ0n) is 26.2. The maximum atomic E-state index is 5.10. The zero-order valence-corrected chi connectivity index (χ0v) is 26.2. The molecule has 7 rings (SSSR count). The highest BCUT2D eigenvalue weighted by atomic mass is 15.3. The summed E-state index contributed by atoms with van der Waals surface area (Å²) in [5.41, 5.74) is 14.5. The van der Waals surface area contributed by atoms with E-state index in [1.54, 1.807) is 0 Å². The molecule has 218 valence electrons. The van der Waals surface area contributed by atoms with Crippen molar-refractivity contribution < 1.29 is 0 Å².